The molecule has 0 aliphatic carbocycles. The fraction of sp³-hybridized carbons (Fsp3) is 0.188. The molecule has 108 valence electrons. The van der Waals surface area contributed by atoms with Gasteiger partial charge in [0.2, 0.25) is 5.91 Å². The Morgan fingerprint density at radius 1 is 1.24 bits per heavy atom. The van der Waals surface area contributed by atoms with Crippen molar-refractivity contribution in [2.45, 2.75) is 13.0 Å². The Hall–Kier alpha value is -2.56. The van der Waals surface area contributed by atoms with E-state index in [1.54, 1.807) is 11.0 Å². The van der Waals surface area contributed by atoms with E-state index in [1.165, 1.54) is 12.1 Å². The Kier molecular flexibility index (Phi) is 3.48. The number of carbonyl (C=O) groups is 1. The number of halogens is 1. The number of nitrogens with two attached hydrogens (primary N) is 1. The van der Waals surface area contributed by atoms with Gasteiger partial charge in [0.05, 0.1) is 25.3 Å². The van der Waals surface area contributed by atoms with Crippen molar-refractivity contribution < 1.29 is 13.9 Å². The molecule has 0 unspecified atom stereocenters. The van der Waals surface area contributed by atoms with Gasteiger partial charge in [-0.25, -0.2) is 4.39 Å². The first-order chi connectivity index (χ1) is 10.1. The summed E-state index contributed by atoms with van der Waals surface area (Å²) in [5, 5.41) is 0. The van der Waals surface area contributed by atoms with E-state index in [0.29, 0.717) is 35.7 Å². The number of hydrogen-bond donors (Lipinski definition) is 1. The van der Waals surface area contributed by atoms with Crippen LogP contribution in [0.2, 0.25) is 0 Å². The van der Waals surface area contributed by atoms with Crippen LogP contribution in [0, 0.1) is 5.82 Å². The zero-order valence-electron chi connectivity index (χ0n) is 11.4. The van der Waals surface area contributed by atoms with E-state index >= 15 is 0 Å². The summed E-state index contributed by atoms with van der Waals surface area (Å²) in [5.41, 5.74) is 7.35. The quantitative estimate of drug-likeness (QED) is 0.864. The van der Waals surface area contributed by atoms with E-state index in [9.17, 15) is 9.18 Å². The Morgan fingerprint density at radius 3 is 2.86 bits per heavy atom. The molecule has 0 saturated heterocycles. The number of benzene rings is 2. The molecule has 1 amide bonds. The number of hydrogen-bond acceptors (Lipinski definition) is 3. The minimum absolute atomic E-state index is 0.0530. The van der Waals surface area contributed by atoms with Gasteiger partial charge in [0.15, 0.2) is 0 Å². The fourth-order valence-electron chi connectivity index (χ4n) is 2.44. The average molecular weight is 286 g/mol. The highest BCUT2D eigenvalue weighted by molar-refractivity contribution is 5.95. The van der Waals surface area contributed by atoms with Crippen LogP contribution in [0.5, 0.6) is 5.75 Å². The van der Waals surface area contributed by atoms with Crippen LogP contribution in [0.15, 0.2) is 42.5 Å². The minimum atomic E-state index is -0.406. The third-order valence-corrected chi connectivity index (χ3v) is 3.35. The number of amides is 1. The van der Waals surface area contributed by atoms with Gasteiger partial charge in [0.25, 0.3) is 0 Å². The summed E-state index contributed by atoms with van der Waals surface area (Å²) in [5.74, 6) is 0.201. The number of fused-ring (bicyclic) bond motifs is 1. The summed E-state index contributed by atoms with van der Waals surface area (Å²) in [7, 11) is 0. The molecule has 0 radical (unpaired) electrons. The van der Waals surface area contributed by atoms with Crippen LogP contribution in [0.4, 0.5) is 15.8 Å². The monoisotopic (exact) mass is 286 g/mol. The van der Waals surface area contributed by atoms with E-state index in [0.717, 1.165) is 0 Å². The van der Waals surface area contributed by atoms with Crippen LogP contribution in [0.1, 0.15) is 12.0 Å². The Bertz CT molecular complexity index is 667. The number of ether oxygens (including phenoxy) is 1. The molecule has 1 aliphatic rings. The lowest BCUT2D eigenvalue weighted by Gasteiger charge is -2.22. The summed E-state index contributed by atoms with van der Waals surface area (Å²) in [6.07, 6.45) is 0.291. The minimum Gasteiger partial charge on any atom is -0.491 e. The van der Waals surface area contributed by atoms with Gasteiger partial charge in [-0.15, -0.1) is 0 Å². The molecule has 4 nitrogen and oxygen atoms in total. The molecular weight excluding hydrogens is 271 g/mol. The zero-order chi connectivity index (χ0) is 14.8. The van der Waals surface area contributed by atoms with E-state index < -0.39 is 5.82 Å². The highest BCUT2D eigenvalue weighted by Gasteiger charge is 2.23. The molecule has 0 aromatic heterocycles. The third-order valence-electron chi connectivity index (χ3n) is 3.35. The molecule has 0 atom stereocenters. The number of anilines is 2. The maximum atomic E-state index is 13.4. The molecule has 0 spiro atoms. The number of rotatable bonds is 2. The van der Waals surface area contributed by atoms with Crippen molar-refractivity contribution >= 4 is 17.3 Å². The van der Waals surface area contributed by atoms with Crippen LogP contribution in [-0.4, -0.2) is 12.5 Å². The largest absolute Gasteiger partial charge is 0.491 e. The van der Waals surface area contributed by atoms with E-state index in [-0.39, 0.29) is 12.5 Å². The smallest absolute Gasteiger partial charge is 0.230 e. The van der Waals surface area contributed by atoms with Gasteiger partial charge in [0.1, 0.15) is 11.6 Å². The lowest BCUT2D eigenvalue weighted by Crippen LogP contribution is -2.29. The normalized spacial score (nSPS) is 14.3. The molecule has 1 aliphatic heterocycles. The molecule has 0 fully saturated rings. The topological polar surface area (TPSA) is 55.6 Å². The van der Waals surface area contributed by atoms with Gasteiger partial charge in [-0.3, -0.25) is 4.79 Å². The average Bonchev–Trinajstić information content (AvgIpc) is 2.58. The second-order valence-electron chi connectivity index (χ2n) is 4.94. The van der Waals surface area contributed by atoms with Crippen molar-refractivity contribution in [3.8, 4) is 5.75 Å². The molecule has 0 bridgehead atoms. The molecular formula is C16H15FN2O2. The maximum absolute atomic E-state index is 13.4. The first-order valence-electron chi connectivity index (χ1n) is 6.70. The van der Waals surface area contributed by atoms with Gasteiger partial charge >= 0.3 is 0 Å². The van der Waals surface area contributed by atoms with Gasteiger partial charge in [-0.1, -0.05) is 12.1 Å². The lowest BCUT2D eigenvalue weighted by atomic mass is 10.1. The number of carbonyl (C=O) groups excluding carboxylic acids is 1. The van der Waals surface area contributed by atoms with Crippen LogP contribution in [0.3, 0.4) is 0 Å². The second kappa shape index (κ2) is 5.44. The van der Waals surface area contributed by atoms with Crippen molar-refractivity contribution in [3.63, 3.8) is 0 Å². The highest BCUT2D eigenvalue weighted by atomic mass is 19.1. The highest BCUT2D eigenvalue weighted by Crippen LogP contribution is 2.32. The predicted octanol–water partition coefficient (Wildman–Crippen LogP) is 2.72. The molecule has 1 heterocycles. The molecule has 2 aromatic carbocycles. The SMILES string of the molecule is Nc1cc(F)cc(CN2C(=O)CCOc3ccccc32)c1. The molecule has 2 N–H and O–H groups in total. The van der Waals surface area contributed by atoms with Gasteiger partial charge in [-0.2, -0.15) is 0 Å². The maximum Gasteiger partial charge on any atom is 0.230 e. The van der Waals surface area contributed by atoms with Gasteiger partial charge in [-0.05, 0) is 35.9 Å². The van der Waals surface area contributed by atoms with Gasteiger partial charge < -0.3 is 15.4 Å². The van der Waals surface area contributed by atoms with E-state index in [1.807, 2.05) is 24.3 Å². The number of nitrogen functional groups attached to an aromatic ring is 1. The summed E-state index contributed by atoms with van der Waals surface area (Å²) < 4.78 is 19.0. The van der Waals surface area contributed by atoms with Crippen molar-refractivity contribution in [2.75, 3.05) is 17.2 Å². The molecule has 5 heteroatoms. The van der Waals surface area contributed by atoms with Crippen LogP contribution in [-0.2, 0) is 11.3 Å². The summed E-state index contributed by atoms with van der Waals surface area (Å²) >= 11 is 0. The number of para-hydroxylation sites is 2. The summed E-state index contributed by atoms with van der Waals surface area (Å²) in [6, 6.07) is 11.6. The van der Waals surface area contributed by atoms with Crippen LogP contribution < -0.4 is 15.4 Å². The van der Waals surface area contributed by atoms with Crippen molar-refractivity contribution in [2.24, 2.45) is 0 Å². The Morgan fingerprint density at radius 2 is 2.05 bits per heavy atom. The second-order valence-corrected chi connectivity index (χ2v) is 4.94. The van der Waals surface area contributed by atoms with E-state index in [4.69, 9.17) is 10.5 Å². The van der Waals surface area contributed by atoms with Crippen LogP contribution >= 0.6 is 0 Å². The lowest BCUT2D eigenvalue weighted by molar-refractivity contribution is -0.118. The number of nitrogens with zero attached hydrogens (tertiary/aromatic N) is 1. The predicted molar refractivity (Wildman–Crippen MR) is 78.6 cm³/mol. The first kappa shape index (κ1) is 13.4. The standard InChI is InChI=1S/C16H15FN2O2/c17-12-7-11(8-13(18)9-12)10-19-14-3-1-2-4-15(14)21-6-5-16(19)20/h1-4,7-9H,5-6,10,18H2. The fourth-order valence-corrected chi connectivity index (χ4v) is 2.44. The molecule has 21 heavy (non-hydrogen) atoms. The molecule has 0 saturated carbocycles. The Balaban J connectivity index is 1.97. The van der Waals surface area contributed by atoms with Crippen molar-refractivity contribution in [1.82, 2.24) is 0 Å². The zero-order valence-corrected chi connectivity index (χ0v) is 11.4. The molecule has 2 aromatic rings. The van der Waals surface area contributed by atoms with Crippen LogP contribution in [0.25, 0.3) is 0 Å². The van der Waals surface area contributed by atoms with E-state index in [2.05, 4.69) is 0 Å². The third kappa shape index (κ3) is 2.81. The summed E-state index contributed by atoms with van der Waals surface area (Å²) in [6.45, 7) is 0.610. The summed E-state index contributed by atoms with van der Waals surface area (Å²) in [4.78, 5) is 13.9. The molecule has 3 rings (SSSR count). The Labute approximate surface area is 121 Å². The van der Waals surface area contributed by atoms with Gasteiger partial charge in [0, 0.05) is 5.69 Å². The van der Waals surface area contributed by atoms with Crippen molar-refractivity contribution in [3.05, 3.63) is 53.8 Å². The first-order valence-corrected chi connectivity index (χ1v) is 6.70. The van der Waals surface area contributed by atoms with Crippen molar-refractivity contribution in [1.29, 1.82) is 0 Å².